The Kier molecular flexibility index (Phi) is 2.70. The van der Waals surface area contributed by atoms with Crippen LogP contribution in [-0.4, -0.2) is 12.6 Å². The van der Waals surface area contributed by atoms with E-state index >= 15 is 0 Å². The quantitative estimate of drug-likeness (QED) is 0.726. The minimum atomic E-state index is 0.708. The standard InChI is InChI=1S/C11H17NS/c1-3-10-7-11-9(4-5-12-10)6-8(2)13-11/h6,10,12H,3-5,7H2,1-2H3. The van der Waals surface area contributed by atoms with Crippen LogP contribution in [-0.2, 0) is 12.8 Å². The SMILES string of the molecule is CCC1Cc2sc(C)cc2CCN1. The van der Waals surface area contributed by atoms with Gasteiger partial charge in [0.05, 0.1) is 0 Å². The average molecular weight is 195 g/mol. The fraction of sp³-hybridized carbons (Fsp3) is 0.636. The first kappa shape index (κ1) is 9.22. The van der Waals surface area contributed by atoms with E-state index in [4.69, 9.17) is 0 Å². The molecule has 1 N–H and O–H groups in total. The first-order chi connectivity index (χ1) is 6.29. The van der Waals surface area contributed by atoms with Crippen molar-refractivity contribution in [3.63, 3.8) is 0 Å². The third-order valence-corrected chi connectivity index (χ3v) is 3.89. The number of aryl methyl sites for hydroxylation is 1. The highest BCUT2D eigenvalue weighted by Gasteiger charge is 2.16. The van der Waals surface area contributed by atoms with Crippen molar-refractivity contribution in [2.24, 2.45) is 0 Å². The summed E-state index contributed by atoms with van der Waals surface area (Å²) in [6.45, 7) is 5.64. The van der Waals surface area contributed by atoms with Crippen molar-refractivity contribution in [3.05, 3.63) is 21.4 Å². The Balaban J connectivity index is 2.22. The van der Waals surface area contributed by atoms with Crippen molar-refractivity contribution >= 4 is 11.3 Å². The first-order valence-corrected chi connectivity index (χ1v) is 5.93. The molecule has 1 nitrogen and oxygen atoms in total. The molecule has 1 aliphatic rings. The number of rotatable bonds is 1. The molecule has 0 bridgehead atoms. The Hall–Kier alpha value is -0.340. The predicted octanol–water partition coefficient (Wildman–Crippen LogP) is 2.52. The minimum absolute atomic E-state index is 0.708. The predicted molar refractivity (Wildman–Crippen MR) is 58.5 cm³/mol. The summed E-state index contributed by atoms with van der Waals surface area (Å²) in [6.07, 6.45) is 3.71. The lowest BCUT2D eigenvalue weighted by molar-refractivity contribution is 0.515. The third-order valence-electron chi connectivity index (χ3n) is 2.77. The van der Waals surface area contributed by atoms with Gasteiger partial charge in [-0.25, -0.2) is 0 Å². The van der Waals surface area contributed by atoms with Crippen LogP contribution >= 0.6 is 11.3 Å². The molecule has 72 valence electrons. The monoisotopic (exact) mass is 195 g/mol. The molecule has 0 aromatic carbocycles. The van der Waals surface area contributed by atoms with Crippen LogP contribution in [0.5, 0.6) is 0 Å². The molecule has 0 saturated carbocycles. The molecule has 2 rings (SSSR count). The summed E-state index contributed by atoms with van der Waals surface area (Å²) in [7, 11) is 0. The summed E-state index contributed by atoms with van der Waals surface area (Å²) in [6, 6.07) is 3.07. The van der Waals surface area contributed by atoms with Crippen LogP contribution < -0.4 is 5.32 Å². The van der Waals surface area contributed by atoms with Gasteiger partial charge in [0.25, 0.3) is 0 Å². The molecule has 13 heavy (non-hydrogen) atoms. The zero-order valence-corrected chi connectivity index (χ0v) is 9.21. The van der Waals surface area contributed by atoms with E-state index in [9.17, 15) is 0 Å². The third kappa shape index (κ3) is 1.94. The van der Waals surface area contributed by atoms with Crippen LogP contribution in [0.15, 0.2) is 6.07 Å². The number of thiophene rings is 1. The largest absolute Gasteiger partial charge is 0.313 e. The molecule has 0 spiro atoms. The van der Waals surface area contributed by atoms with Gasteiger partial charge in [0, 0.05) is 15.8 Å². The molecule has 1 aliphatic heterocycles. The molecule has 1 atom stereocenters. The Morgan fingerprint density at radius 3 is 3.23 bits per heavy atom. The minimum Gasteiger partial charge on any atom is -0.313 e. The summed E-state index contributed by atoms with van der Waals surface area (Å²) < 4.78 is 0. The number of fused-ring (bicyclic) bond motifs is 1. The highest BCUT2D eigenvalue weighted by Crippen LogP contribution is 2.25. The molecular formula is C11H17NS. The van der Waals surface area contributed by atoms with E-state index in [1.54, 1.807) is 10.4 Å². The molecule has 2 heterocycles. The summed E-state index contributed by atoms with van der Waals surface area (Å²) in [5, 5.41) is 3.59. The van der Waals surface area contributed by atoms with E-state index in [1.165, 1.54) is 24.1 Å². The smallest absolute Gasteiger partial charge is 0.0113 e. The Morgan fingerprint density at radius 1 is 1.62 bits per heavy atom. The lowest BCUT2D eigenvalue weighted by atomic mass is 10.1. The van der Waals surface area contributed by atoms with Crippen molar-refractivity contribution in [1.82, 2.24) is 5.32 Å². The van der Waals surface area contributed by atoms with Gasteiger partial charge in [-0.15, -0.1) is 11.3 Å². The van der Waals surface area contributed by atoms with Gasteiger partial charge in [-0.2, -0.15) is 0 Å². The number of hydrogen-bond donors (Lipinski definition) is 1. The van der Waals surface area contributed by atoms with Gasteiger partial charge in [-0.1, -0.05) is 6.92 Å². The van der Waals surface area contributed by atoms with E-state index in [-0.39, 0.29) is 0 Å². The summed E-state index contributed by atoms with van der Waals surface area (Å²) in [4.78, 5) is 3.09. The summed E-state index contributed by atoms with van der Waals surface area (Å²) >= 11 is 1.98. The second kappa shape index (κ2) is 3.81. The maximum absolute atomic E-state index is 3.59. The maximum atomic E-state index is 3.59. The molecule has 0 saturated heterocycles. The molecule has 1 aromatic rings. The maximum Gasteiger partial charge on any atom is 0.0113 e. The molecule has 0 fully saturated rings. The zero-order valence-electron chi connectivity index (χ0n) is 8.39. The van der Waals surface area contributed by atoms with Crippen molar-refractivity contribution in [2.45, 2.75) is 39.2 Å². The number of nitrogens with one attached hydrogen (secondary N) is 1. The first-order valence-electron chi connectivity index (χ1n) is 5.11. The van der Waals surface area contributed by atoms with Gasteiger partial charge in [0.1, 0.15) is 0 Å². The lowest BCUT2D eigenvalue weighted by Gasteiger charge is -2.12. The topological polar surface area (TPSA) is 12.0 Å². The Labute approximate surface area is 84.2 Å². The summed E-state index contributed by atoms with van der Waals surface area (Å²) in [5.74, 6) is 0. The Bertz CT molecular complexity index is 290. The molecule has 0 amide bonds. The average Bonchev–Trinajstić information content (AvgIpc) is 2.33. The van der Waals surface area contributed by atoms with Crippen LogP contribution in [0.4, 0.5) is 0 Å². The molecule has 1 unspecified atom stereocenters. The fourth-order valence-electron chi connectivity index (χ4n) is 2.00. The highest BCUT2D eigenvalue weighted by atomic mass is 32.1. The van der Waals surface area contributed by atoms with Gasteiger partial charge < -0.3 is 5.32 Å². The van der Waals surface area contributed by atoms with Crippen LogP contribution in [0.2, 0.25) is 0 Å². The second-order valence-electron chi connectivity index (χ2n) is 3.82. The lowest BCUT2D eigenvalue weighted by Crippen LogP contribution is -2.29. The Morgan fingerprint density at radius 2 is 2.46 bits per heavy atom. The van der Waals surface area contributed by atoms with E-state index < -0.39 is 0 Å². The van der Waals surface area contributed by atoms with Crippen molar-refractivity contribution in [2.75, 3.05) is 6.54 Å². The van der Waals surface area contributed by atoms with Gasteiger partial charge in [0.15, 0.2) is 0 Å². The van der Waals surface area contributed by atoms with Gasteiger partial charge in [0.2, 0.25) is 0 Å². The van der Waals surface area contributed by atoms with Gasteiger partial charge in [-0.05, 0) is 44.4 Å². The molecule has 1 aromatic heterocycles. The highest BCUT2D eigenvalue weighted by molar-refractivity contribution is 7.12. The van der Waals surface area contributed by atoms with Crippen LogP contribution in [0.25, 0.3) is 0 Å². The van der Waals surface area contributed by atoms with Crippen molar-refractivity contribution in [1.29, 1.82) is 0 Å². The van der Waals surface area contributed by atoms with E-state index in [0.717, 1.165) is 6.54 Å². The van der Waals surface area contributed by atoms with Crippen LogP contribution in [0.1, 0.15) is 28.7 Å². The zero-order chi connectivity index (χ0) is 9.26. The van der Waals surface area contributed by atoms with E-state index in [0.29, 0.717) is 6.04 Å². The van der Waals surface area contributed by atoms with Crippen LogP contribution in [0, 0.1) is 6.92 Å². The van der Waals surface area contributed by atoms with Gasteiger partial charge >= 0.3 is 0 Å². The molecule has 0 aliphatic carbocycles. The normalized spacial score (nSPS) is 22.5. The molecule has 2 heteroatoms. The van der Waals surface area contributed by atoms with E-state index in [1.807, 2.05) is 11.3 Å². The van der Waals surface area contributed by atoms with Gasteiger partial charge in [-0.3, -0.25) is 0 Å². The second-order valence-corrected chi connectivity index (χ2v) is 5.16. The van der Waals surface area contributed by atoms with Crippen molar-refractivity contribution < 1.29 is 0 Å². The fourth-order valence-corrected chi connectivity index (χ4v) is 3.16. The number of hydrogen-bond acceptors (Lipinski definition) is 2. The molecular weight excluding hydrogens is 178 g/mol. The summed E-state index contributed by atoms with van der Waals surface area (Å²) in [5.41, 5.74) is 1.59. The van der Waals surface area contributed by atoms with Crippen LogP contribution in [0.3, 0.4) is 0 Å². The van der Waals surface area contributed by atoms with Crippen molar-refractivity contribution in [3.8, 4) is 0 Å². The van der Waals surface area contributed by atoms with E-state index in [2.05, 4.69) is 25.2 Å². The molecule has 0 radical (unpaired) electrons.